The molecule has 164 valence electrons. The van der Waals surface area contributed by atoms with Crippen molar-refractivity contribution in [2.45, 2.75) is 51.2 Å². The Bertz CT molecular complexity index is 1180. The maximum atomic E-state index is 13.4. The third-order valence-electron chi connectivity index (χ3n) is 6.61. The van der Waals surface area contributed by atoms with E-state index in [4.69, 9.17) is 4.74 Å². The lowest BCUT2D eigenvalue weighted by molar-refractivity contribution is 0.0655. The normalized spacial score (nSPS) is 16.3. The van der Waals surface area contributed by atoms with Crippen molar-refractivity contribution in [3.8, 4) is 5.75 Å². The fourth-order valence-electron chi connectivity index (χ4n) is 4.96. The van der Waals surface area contributed by atoms with Crippen LogP contribution in [0, 0.1) is 0 Å². The minimum absolute atomic E-state index is 0.0421. The summed E-state index contributed by atoms with van der Waals surface area (Å²) in [5, 5.41) is 3.83. The molecule has 0 unspecified atom stereocenters. The number of aromatic nitrogens is 1. The lowest BCUT2D eigenvalue weighted by Crippen LogP contribution is -2.37. The maximum Gasteiger partial charge on any atom is 0.273 e. The molecule has 2 amide bonds. The summed E-state index contributed by atoms with van der Waals surface area (Å²) in [5.74, 6) is 0.529. The van der Waals surface area contributed by atoms with Crippen LogP contribution in [0.2, 0.25) is 0 Å². The molecule has 2 heterocycles. The number of para-hydroxylation sites is 1. The number of amides is 2. The van der Waals surface area contributed by atoms with Crippen molar-refractivity contribution >= 4 is 22.7 Å². The van der Waals surface area contributed by atoms with Crippen LogP contribution in [0.5, 0.6) is 5.75 Å². The summed E-state index contributed by atoms with van der Waals surface area (Å²) in [6.45, 7) is 0.834. The molecule has 6 heteroatoms. The molecule has 0 radical (unpaired) electrons. The first-order valence-corrected chi connectivity index (χ1v) is 11.3. The van der Waals surface area contributed by atoms with Gasteiger partial charge < -0.3 is 15.0 Å². The van der Waals surface area contributed by atoms with Crippen LogP contribution < -0.4 is 10.1 Å². The van der Waals surface area contributed by atoms with E-state index >= 15 is 0 Å². The van der Waals surface area contributed by atoms with Crippen LogP contribution in [-0.2, 0) is 13.1 Å². The van der Waals surface area contributed by atoms with Gasteiger partial charge in [0.05, 0.1) is 18.2 Å². The number of nitrogens with one attached hydrogen (secondary N) is 1. The smallest absolute Gasteiger partial charge is 0.273 e. The number of carbonyl (C=O) groups is 2. The summed E-state index contributed by atoms with van der Waals surface area (Å²) in [5.41, 5.74) is 3.38. The topological polar surface area (TPSA) is 71.5 Å². The van der Waals surface area contributed by atoms with Gasteiger partial charge in [-0.2, -0.15) is 0 Å². The highest BCUT2D eigenvalue weighted by Crippen LogP contribution is 2.34. The molecule has 0 saturated heterocycles. The quantitative estimate of drug-likeness (QED) is 0.650. The Labute approximate surface area is 187 Å². The molecular weight excluding hydrogens is 402 g/mol. The van der Waals surface area contributed by atoms with Crippen LogP contribution in [0.1, 0.15) is 64.1 Å². The van der Waals surface area contributed by atoms with Crippen molar-refractivity contribution in [1.29, 1.82) is 0 Å². The van der Waals surface area contributed by atoms with E-state index in [0.717, 1.165) is 47.9 Å². The van der Waals surface area contributed by atoms with Gasteiger partial charge in [-0.25, -0.2) is 4.98 Å². The van der Waals surface area contributed by atoms with Gasteiger partial charge in [0.25, 0.3) is 11.8 Å². The predicted octanol–water partition coefficient (Wildman–Crippen LogP) is 4.46. The number of pyridine rings is 1. The second kappa shape index (κ2) is 8.61. The second-order valence-corrected chi connectivity index (χ2v) is 8.59. The van der Waals surface area contributed by atoms with E-state index in [9.17, 15) is 9.59 Å². The average Bonchev–Trinajstić information content (AvgIpc) is 3.17. The molecule has 1 fully saturated rings. The molecule has 1 aliphatic carbocycles. The third-order valence-corrected chi connectivity index (χ3v) is 6.61. The van der Waals surface area contributed by atoms with Crippen molar-refractivity contribution in [1.82, 2.24) is 15.2 Å². The number of carbonyl (C=O) groups excluding carboxylic acids is 2. The Kier molecular flexibility index (Phi) is 5.52. The Balaban J connectivity index is 1.49. The number of hydrogen-bond acceptors (Lipinski definition) is 4. The van der Waals surface area contributed by atoms with Gasteiger partial charge in [-0.15, -0.1) is 0 Å². The van der Waals surface area contributed by atoms with E-state index in [-0.39, 0.29) is 17.9 Å². The minimum atomic E-state index is -0.180. The largest absolute Gasteiger partial charge is 0.497 e. The van der Waals surface area contributed by atoms with Crippen LogP contribution in [-0.4, -0.2) is 34.8 Å². The highest BCUT2D eigenvalue weighted by Gasteiger charge is 2.37. The Hall–Kier alpha value is -3.41. The molecule has 0 atom stereocenters. The summed E-state index contributed by atoms with van der Waals surface area (Å²) in [4.78, 5) is 33.3. The Morgan fingerprint density at radius 3 is 2.75 bits per heavy atom. The molecule has 1 aromatic heterocycles. The first-order valence-electron chi connectivity index (χ1n) is 11.3. The van der Waals surface area contributed by atoms with Crippen LogP contribution in [0.3, 0.4) is 0 Å². The zero-order chi connectivity index (χ0) is 22.1. The van der Waals surface area contributed by atoms with Crippen molar-refractivity contribution in [3.63, 3.8) is 0 Å². The fraction of sp³-hybridized carbons (Fsp3) is 0.346. The number of rotatable bonds is 5. The first-order chi connectivity index (χ1) is 15.7. The molecule has 1 N–H and O–H groups in total. The van der Waals surface area contributed by atoms with E-state index in [1.807, 2.05) is 53.4 Å². The van der Waals surface area contributed by atoms with Crippen LogP contribution in [0.15, 0.2) is 48.5 Å². The van der Waals surface area contributed by atoms with E-state index < -0.39 is 0 Å². The molecule has 2 aliphatic rings. The van der Waals surface area contributed by atoms with Crippen LogP contribution in [0.25, 0.3) is 10.9 Å². The fourth-order valence-corrected chi connectivity index (χ4v) is 4.96. The number of benzene rings is 2. The van der Waals surface area contributed by atoms with Gasteiger partial charge in [-0.1, -0.05) is 49.6 Å². The molecular formula is C26H27N3O3. The Morgan fingerprint density at radius 2 is 1.94 bits per heavy atom. The number of methoxy groups -OCH3 is 1. The van der Waals surface area contributed by atoms with Crippen molar-refractivity contribution in [3.05, 3.63) is 70.9 Å². The second-order valence-electron chi connectivity index (χ2n) is 8.59. The lowest BCUT2D eigenvalue weighted by atomic mass is 9.94. The van der Waals surface area contributed by atoms with E-state index in [1.54, 1.807) is 7.11 Å². The molecule has 6 nitrogen and oxygen atoms in total. The zero-order valence-corrected chi connectivity index (χ0v) is 18.3. The Morgan fingerprint density at radius 1 is 1.12 bits per heavy atom. The highest BCUT2D eigenvalue weighted by atomic mass is 16.5. The van der Waals surface area contributed by atoms with Gasteiger partial charge in [0, 0.05) is 30.1 Å². The molecule has 5 rings (SSSR count). The molecule has 0 spiro atoms. The number of nitrogens with zero attached hydrogens (tertiary/aromatic N) is 2. The maximum absolute atomic E-state index is 13.4. The predicted molar refractivity (Wildman–Crippen MR) is 123 cm³/mol. The van der Waals surface area contributed by atoms with Gasteiger partial charge in [-0.05, 0) is 36.6 Å². The molecule has 3 aromatic rings. The van der Waals surface area contributed by atoms with Gasteiger partial charge in [0.1, 0.15) is 11.4 Å². The molecule has 2 aromatic carbocycles. The monoisotopic (exact) mass is 429 g/mol. The SMILES string of the molecule is COc1cccc(CNC(=O)c2c3c(nc4ccccc24)C(=O)N(C2CCCCC2)C3)c1. The summed E-state index contributed by atoms with van der Waals surface area (Å²) in [6.07, 6.45) is 5.57. The van der Waals surface area contributed by atoms with E-state index in [0.29, 0.717) is 29.9 Å². The van der Waals surface area contributed by atoms with Crippen molar-refractivity contribution in [2.24, 2.45) is 0 Å². The summed E-state index contributed by atoms with van der Waals surface area (Å²) in [7, 11) is 1.62. The van der Waals surface area contributed by atoms with Crippen LogP contribution in [0.4, 0.5) is 0 Å². The summed E-state index contributed by atoms with van der Waals surface area (Å²) < 4.78 is 5.28. The molecule has 32 heavy (non-hydrogen) atoms. The molecule has 1 saturated carbocycles. The van der Waals surface area contributed by atoms with Gasteiger partial charge in [0.2, 0.25) is 0 Å². The standard InChI is InChI=1S/C26H27N3O3/c1-32-19-11-7-8-17(14-19)15-27-25(30)23-20-12-5-6-13-22(20)28-24-21(23)16-29(26(24)31)18-9-3-2-4-10-18/h5-8,11-14,18H,2-4,9-10,15-16H2,1H3,(H,27,30). The zero-order valence-electron chi connectivity index (χ0n) is 18.3. The van der Waals surface area contributed by atoms with E-state index in [1.165, 1.54) is 6.42 Å². The van der Waals surface area contributed by atoms with Crippen LogP contribution >= 0.6 is 0 Å². The first kappa shape index (κ1) is 20.5. The lowest BCUT2D eigenvalue weighted by Gasteiger charge is -2.30. The molecule has 1 aliphatic heterocycles. The van der Waals surface area contributed by atoms with Crippen molar-refractivity contribution in [2.75, 3.05) is 7.11 Å². The molecule has 0 bridgehead atoms. The highest BCUT2D eigenvalue weighted by molar-refractivity contribution is 6.11. The summed E-state index contributed by atoms with van der Waals surface area (Å²) in [6, 6.07) is 15.4. The number of hydrogen-bond donors (Lipinski definition) is 1. The van der Waals surface area contributed by atoms with Gasteiger partial charge in [0.15, 0.2) is 0 Å². The minimum Gasteiger partial charge on any atom is -0.497 e. The van der Waals surface area contributed by atoms with Gasteiger partial charge in [-0.3, -0.25) is 9.59 Å². The van der Waals surface area contributed by atoms with Gasteiger partial charge >= 0.3 is 0 Å². The average molecular weight is 430 g/mol. The summed E-state index contributed by atoms with van der Waals surface area (Å²) >= 11 is 0. The van der Waals surface area contributed by atoms with E-state index in [2.05, 4.69) is 10.3 Å². The number of ether oxygens (including phenoxy) is 1. The van der Waals surface area contributed by atoms with Crippen molar-refractivity contribution < 1.29 is 14.3 Å². The third kappa shape index (κ3) is 3.70. The number of fused-ring (bicyclic) bond motifs is 2.